The van der Waals surface area contributed by atoms with Gasteiger partial charge < -0.3 is 18.8 Å². The molecule has 3 heterocycles. The molecular weight excluding hydrogens is 488 g/mol. The van der Waals surface area contributed by atoms with Crippen LogP contribution >= 0.6 is 15.9 Å². The molecule has 0 spiro atoms. The quantitative estimate of drug-likeness (QED) is 0.412. The van der Waals surface area contributed by atoms with Crippen molar-refractivity contribution < 1.29 is 13.9 Å². The van der Waals surface area contributed by atoms with Gasteiger partial charge in [0.2, 0.25) is 0 Å². The largest absolute Gasteiger partial charge is 0.507 e. The van der Waals surface area contributed by atoms with Gasteiger partial charge in [-0.05, 0) is 42.9 Å². The molecule has 2 aromatic carbocycles. The van der Waals surface area contributed by atoms with Crippen molar-refractivity contribution >= 4 is 37.9 Å². The lowest BCUT2D eigenvalue weighted by Crippen LogP contribution is -2.45. The molecule has 0 saturated carbocycles. The number of aromatic hydroxyl groups is 1. The van der Waals surface area contributed by atoms with Crippen LogP contribution in [0.15, 0.2) is 65.4 Å². The maximum Gasteiger partial charge on any atom is 0.344 e. The third kappa shape index (κ3) is 4.21. The summed E-state index contributed by atoms with van der Waals surface area (Å²) < 4.78 is 11.9. The van der Waals surface area contributed by atoms with Crippen LogP contribution in [0.1, 0.15) is 12.5 Å². The number of phenols is 1. The second kappa shape index (κ2) is 8.78. The Bertz CT molecular complexity index is 1470. The van der Waals surface area contributed by atoms with Crippen molar-refractivity contribution in [1.82, 2.24) is 9.80 Å². The molecule has 1 fully saturated rings. The topological polar surface area (TPSA) is 87.1 Å². The summed E-state index contributed by atoms with van der Waals surface area (Å²) >= 11 is 3.44. The standard InChI is InChI=1S/C25H23BrN2O5/c1-2-27-7-9-28(10-8-27)14-20-21(29)5-4-17-18(13-23(30)33-24(17)20)19-12-15-11-16(26)3-6-22(15)32-25(19)31/h3-6,11-13,29H,2,7-10,14H2,1H3. The van der Waals surface area contributed by atoms with Gasteiger partial charge in [0.25, 0.3) is 0 Å². The summed E-state index contributed by atoms with van der Waals surface area (Å²) in [6.45, 7) is 7.22. The number of piperazine rings is 1. The molecule has 0 atom stereocenters. The second-order valence-electron chi connectivity index (χ2n) is 8.26. The Morgan fingerprint density at radius 2 is 1.70 bits per heavy atom. The average molecular weight is 511 g/mol. The minimum absolute atomic E-state index is 0.0650. The molecule has 1 saturated heterocycles. The third-order valence-electron chi connectivity index (χ3n) is 6.27. The molecule has 170 valence electrons. The Morgan fingerprint density at radius 1 is 0.939 bits per heavy atom. The lowest BCUT2D eigenvalue weighted by molar-refractivity contribution is 0.131. The van der Waals surface area contributed by atoms with Gasteiger partial charge in [0.05, 0.1) is 11.1 Å². The Morgan fingerprint density at radius 3 is 2.45 bits per heavy atom. The van der Waals surface area contributed by atoms with Crippen molar-refractivity contribution in [1.29, 1.82) is 0 Å². The fourth-order valence-corrected chi connectivity index (χ4v) is 4.80. The lowest BCUT2D eigenvalue weighted by atomic mass is 9.99. The van der Waals surface area contributed by atoms with Gasteiger partial charge >= 0.3 is 11.3 Å². The van der Waals surface area contributed by atoms with Gasteiger partial charge in [-0.3, -0.25) is 4.90 Å². The van der Waals surface area contributed by atoms with Gasteiger partial charge in [-0.15, -0.1) is 0 Å². The van der Waals surface area contributed by atoms with E-state index in [1.54, 1.807) is 30.3 Å². The summed E-state index contributed by atoms with van der Waals surface area (Å²) in [4.78, 5) is 30.0. The average Bonchev–Trinajstić information content (AvgIpc) is 2.81. The van der Waals surface area contributed by atoms with Crippen LogP contribution in [0.4, 0.5) is 0 Å². The number of hydrogen-bond donors (Lipinski definition) is 1. The minimum atomic E-state index is -0.589. The number of phenolic OH excluding ortho intramolecular Hbond substituents is 1. The lowest BCUT2D eigenvalue weighted by Gasteiger charge is -2.34. The maximum absolute atomic E-state index is 12.8. The van der Waals surface area contributed by atoms with Crippen molar-refractivity contribution in [2.45, 2.75) is 13.5 Å². The summed E-state index contributed by atoms with van der Waals surface area (Å²) in [7, 11) is 0. The molecule has 33 heavy (non-hydrogen) atoms. The highest BCUT2D eigenvalue weighted by molar-refractivity contribution is 9.10. The molecule has 8 heteroatoms. The molecular formula is C25H23BrN2O5. The molecule has 2 aromatic heterocycles. The van der Waals surface area contributed by atoms with Gasteiger partial charge in [-0.2, -0.15) is 0 Å². The summed E-state index contributed by atoms with van der Waals surface area (Å²) in [6.07, 6.45) is 0. The van der Waals surface area contributed by atoms with E-state index >= 15 is 0 Å². The van der Waals surface area contributed by atoms with Crippen LogP contribution in [0, 0.1) is 0 Å². The van der Waals surface area contributed by atoms with Crippen molar-refractivity contribution in [3.05, 3.63) is 73.3 Å². The van der Waals surface area contributed by atoms with E-state index in [0.29, 0.717) is 34.2 Å². The molecule has 0 amide bonds. The predicted octanol–water partition coefficient (Wildman–Crippen LogP) is 4.17. The third-order valence-corrected chi connectivity index (χ3v) is 6.76. The van der Waals surface area contributed by atoms with Crippen LogP contribution in [-0.2, 0) is 6.54 Å². The van der Waals surface area contributed by atoms with Gasteiger partial charge in [0, 0.05) is 59.6 Å². The SMILES string of the molecule is CCN1CCN(Cc2c(O)ccc3c(-c4cc5cc(Br)ccc5oc4=O)cc(=O)oc23)CC1. The smallest absolute Gasteiger partial charge is 0.344 e. The Balaban J connectivity index is 1.64. The predicted molar refractivity (Wildman–Crippen MR) is 131 cm³/mol. The van der Waals surface area contributed by atoms with E-state index in [1.807, 2.05) is 6.07 Å². The summed E-state index contributed by atoms with van der Waals surface area (Å²) in [5.41, 5.74) is 0.869. The first-order valence-corrected chi connectivity index (χ1v) is 11.7. The van der Waals surface area contributed by atoms with E-state index in [9.17, 15) is 14.7 Å². The zero-order valence-electron chi connectivity index (χ0n) is 18.1. The number of likely N-dealkylation sites (N-methyl/N-ethyl adjacent to an activating group) is 1. The van der Waals surface area contributed by atoms with Crippen LogP contribution in [-0.4, -0.2) is 47.6 Å². The van der Waals surface area contributed by atoms with Crippen LogP contribution in [0.25, 0.3) is 33.1 Å². The molecule has 0 aliphatic carbocycles. The van der Waals surface area contributed by atoms with Crippen molar-refractivity contribution in [2.24, 2.45) is 0 Å². The van der Waals surface area contributed by atoms with Gasteiger partial charge in [0.15, 0.2) is 0 Å². The maximum atomic E-state index is 12.8. The van der Waals surface area contributed by atoms with E-state index in [-0.39, 0.29) is 11.3 Å². The summed E-state index contributed by atoms with van der Waals surface area (Å²) in [5, 5.41) is 11.9. The number of rotatable bonds is 4. The Kier molecular flexibility index (Phi) is 5.82. The molecule has 1 N–H and O–H groups in total. The van der Waals surface area contributed by atoms with E-state index in [4.69, 9.17) is 8.83 Å². The number of nitrogens with zero attached hydrogens (tertiary/aromatic N) is 2. The van der Waals surface area contributed by atoms with Crippen LogP contribution < -0.4 is 11.3 Å². The molecule has 0 bridgehead atoms. The highest BCUT2D eigenvalue weighted by atomic mass is 79.9. The van der Waals surface area contributed by atoms with Crippen LogP contribution in [0.3, 0.4) is 0 Å². The highest BCUT2D eigenvalue weighted by Gasteiger charge is 2.21. The first kappa shape index (κ1) is 21.9. The number of halogens is 1. The van der Waals surface area contributed by atoms with E-state index in [2.05, 4.69) is 32.7 Å². The normalized spacial score (nSPS) is 15.5. The first-order valence-electron chi connectivity index (χ1n) is 10.9. The Labute approximate surface area is 198 Å². The highest BCUT2D eigenvalue weighted by Crippen LogP contribution is 2.34. The molecule has 7 nitrogen and oxygen atoms in total. The number of hydrogen-bond acceptors (Lipinski definition) is 7. The molecule has 5 rings (SSSR count). The molecule has 0 unspecified atom stereocenters. The van der Waals surface area contributed by atoms with E-state index in [0.717, 1.165) is 42.6 Å². The minimum Gasteiger partial charge on any atom is -0.507 e. The number of benzene rings is 2. The van der Waals surface area contributed by atoms with E-state index < -0.39 is 11.3 Å². The zero-order chi connectivity index (χ0) is 23.1. The molecule has 1 aliphatic rings. The first-order chi connectivity index (χ1) is 15.9. The molecule has 1 aliphatic heterocycles. The van der Waals surface area contributed by atoms with Gasteiger partial charge in [-0.25, -0.2) is 9.59 Å². The Hall–Kier alpha value is -2.94. The summed E-state index contributed by atoms with van der Waals surface area (Å²) in [5.74, 6) is 0.0650. The van der Waals surface area contributed by atoms with Gasteiger partial charge in [-0.1, -0.05) is 22.9 Å². The van der Waals surface area contributed by atoms with E-state index in [1.165, 1.54) is 6.07 Å². The molecule has 4 aromatic rings. The number of fused-ring (bicyclic) bond motifs is 2. The monoisotopic (exact) mass is 510 g/mol. The van der Waals surface area contributed by atoms with Crippen LogP contribution in [0.2, 0.25) is 0 Å². The zero-order valence-corrected chi connectivity index (χ0v) is 19.7. The van der Waals surface area contributed by atoms with Gasteiger partial charge in [0.1, 0.15) is 16.9 Å². The second-order valence-corrected chi connectivity index (χ2v) is 9.17. The van der Waals surface area contributed by atoms with Crippen molar-refractivity contribution in [3.63, 3.8) is 0 Å². The summed E-state index contributed by atoms with van der Waals surface area (Å²) in [6, 6.07) is 11.6. The fourth-order valence-electron chi connectivity index (χ4n) is 4.42. The molecule has 0 radical (unpaired) electrons. The van der Waals surface area contributed by atoms with Crippen molar-refractivity contribution in [2.75, 3.05) is 32.7 Å². The van der Waals surface area contributed by atoms with Crippen LogP contribution in [0.5, 0.6) is 5.75 Å². The van der Waals surface area contributed by atoms with Crippen molar-refractivity contribution in [3.8, 4) is 16.9 Å². The fraction of sp³-hybridized carbons (Fsp3) is 0.280.